The number of benzene rings is 1. The first-order valence-electron chi connectivity index (χ1n) is 4.84. The van der Waals surface area contributed by atoms with Crippen molar-refractivity contribution in [2.45, 2.75) is 6.92 Å². The van der Waals surface area contributed by atoms with Crippen molar-refractivity contribution in [1.82, 2.24) is 14.7 Å². The smallest absolute Gasteiger partial charge is 0.266 e. The fraction of sp³-hybridized carbons (Fsp3) is 0.200. The molecule has 1 aromatic carbocycles. The normalized spacial score (nSPS) is 11.6. The van der Waals surface area contributed by atoms with Gasteiger partial charge >= 0.3 is 0 Å². The summed E-state index contributed by atoms with van der Waals surface area (Å²) in [6, 6.07) is 4.97. The van der Waals surface area contributed by atoms with Gasteiger partial charge in [0, 0.05) is 0 Å². The highest BCUT2D eigenvalue weighted by atomic mass is 32.2. The zero-order valence-electron chi connectivity index (χ0n) is 9.31. The molecule has 0 aliphatic heterocycles. The average molecular weight is 253 g/mol. The molecule has 2 aromatic rings. The van der Waals surface area contributed by atoms with E-state index in [1.807, 2.05) is 4.72 Å². The Balaban J connectivity index is 2.52. The molecule has 2 N–H and O–H groups in total. The Morgan fingerprint density at radius 1 is 1.41 bits per heavy atom. The Morgan fingerprint density at radius 2 is 2.12 bits per heavy atom. The molecule has 2 rings (SSSR count). The molecule has 0 aliphatic rings. The molecule has 0 bridgehead atoms. The van der Waals surface area contributed by atoms with E-state index in [2.05, 4.69) is 9.97 Å². The van der Waals surface area contributed by atoms with E-state index in [4.69, 9.17) is 0 Å². The van der Waals surface area contributed by atoms with Gasteiger partial charge in [0.05, 0.1) is 17.3 Å². The Bertz CT molecular complexity index is 688. The average Bonchev–Trinajstić information content (AvgIpc) is 2.54. The number of H-pyrrole nitrogens is 1. The van der Waals surface area contributed by atoms with E-state index in [1.165, 1.54) is 6.07 Å². The number of carbonyl (C=O) groups excluding carboxylic acids is 1. The number of fused-ring (bicyclic) bond motifs is 1. The van der Waals surface area contributed by atoms with Crippen molar-refractivity contribution >= 4 is 27.0 Å². The predicted octanol–water partition coefficient (Wildman–Crippen LogP) is 0.561. The number of para-hydroxylation sites is 1. The SMILES string of the molecule is Cc1nc2c(C(=O)NS(C)(=O)=O)cccc2[nH]1. The van der Waals surface area contributed by atoms with Gasteiger partial charge < -0.3 is 4.98 Å². The number of imidazole rings is 1. The second-order valence-electron chi connectivity index (χ2n) is 3.73. The van der Waals surface area contributed by atoms with E-state index in [0.29, 0.717) is 16.9 Å². The number of nitrogens with zero attached hydrogens (tertiary/aromatic N) is 1. The Labute approximate surface area is 98.1 Å². The minimum Gasteiger partial charge on any atom is -0.342 e. The van der Waals surface area contributed by atoms with E-state index < -0.39 is 15.9 Å². The fourth-order valence-corrected chi connectivity index (χ4v) is 2.01. The van der Waals surface area contributed by atoms with Crippen LogP contribution >= 0.6 is 0 Å². The van der Waals surface area contributed by atoms with Crippen LogP contribution in [0.15, 0.2) is 18.2 Å². The molecule has 1 amide bonds. The van der Waals surface area contributed by atoms with E-state index in [1.54, 1.807) is 19.1 Å². The molecular weight excluding hydrogens is 242 g/mol. The van der Waals surface area contributed by atoms with Crippen LogP contribution in [0.5, 0.6) is 0 Å². The highest BCUT2D eigenvalue weighted by molar-refractivity contribution is 7.89. The molecule has 7 heteroatoms. The van der Waals surface area contributed by atoms with E-state index >= 15 is 0 Å². The van der Waals surface area contributed by atoms with E-state index in [-0.39, 0.29) is 5.56 Å². The molecule has 0 fully saturated rings. The lowest BCUT2D eigenvalue weighted by molar-refractivity contribution is 0.0983. The van der Waals surface area contributed by atoms with Crippen molar-refractivity contribution in [2.75, 3.05) is 6.26 Å². The molecule has 1 aromatic heterocycles. The highest BCUT2D eigenvalue weighted by Gasteiger charge is 2.15. The molecule has 0 aliphatic carbocycles. The third-order valence-electron chi connectivity index (χ3n) is 2.15. The maximum Gasteiger partial charge on any atom is 0.266 e. The van der Waals surface area contributed by atoms with Gasteiger partial charge in [0.15, 0.2) is 0 Å². The third-order valence-corrected chi connectivity index (χ3v) is 2.71. The second-order valence-corrected chi connectivity index (χ2v) is 5.48. The number of aromatic amines is 1. The largest absolute Gasteiger partial charge is 0.342 e. The second kappa shape index (κ2) is 3.85. The summed E-state index contributed by atoms with van der Waals surface area (Å²) in [5.41, 5.74) is 1.40. The lowest BCUT2D eigenvalue weighted by Crippen LogP contribution is -2.29. The maximum absolute atomic E-state index is 11.7. The first-order valence-corrected chi connectivity index (χ1v) is 6.73. The van der Waals surface area contributed by atoms with E-state index in [9.17, 15) is 13.2 Å². The molecule has 0 saturated heterocycles. The van der Waals surface area contributed by atoms with Crippen LogP contribution in [0.1, 0.15) is 16.2 Å². The van der Waals surface area contributed by atoms with Crippen molar-refractivity contribution in [1.29, 1.82) is 0 Å². The van der Waals surface area contributed by atoms with Gasteiger partial charge in [-0.05, 0) is 19.1 Å². The minimum atomic E-state index is -3.57. The Hall–Kier alpha value is -1.89. The fourth-order valence-electron chi connectivity index (χ4n) is 1.56. The summed E-state index contributed by atoms with van der Waals surface area (Å²) in [7, 11) is -3.57. The van der Waals surface area contributed by atoms with Crippen molar-refractivity contribution in [3.8, 4) is 0 Å². The van der Waals surface area contributed by atoms with E-state index in [0.717, 1.165) is 6.26 Å². The number of rotatable bonds is 2. The maximum atomic E-state index is 11.7. The van der Waals surface area contributed by atoms with Crippen molar-refractivity contribution in [3.05, 3.63) is 29.6 Å². The van der Waals surface area contributed by atoms with Crippen LogP contribution in [0.4, 0.5) is 0 Å². The van der Waals surface area contributed by atoms with Gasteiger partial charge in [0.1, 0.15) is 11.3 Å². The van der Waals surface area contributed by atoms with Gasteiger partial charge in [0.25, 0.3) is 5.91 Å². The van der Waals surface area contributed by atoms with Crippen LogP contribution < -0.4 is 4.72 Å². The summed E-state index contributed by atoms with van der Waals surface area (Å²) < 4.78 is 23.9. The monoisotopic (exact) mass is 253 g/mol. The molecular formula is C10H11N3O3S. The number of amides is 1. The van der Waals surface area contributed by atoms with Gasteiger partial charge in [-0.1, -0.05) is 6.07 Å². The van der Waals surface area contributed by atoms with Gasteiger partial charge in [-0.15, -0.1) is 0 Å². The number of aromatic nitrogens is 2. The first kappa shape index (κ1) is 11.6. The van der Waals surface area contributed by atoms with Gasteiger partial charge in [0.2, 0.25) is 10.0 Å². The summed E-state index contributed by atoms with van der Waals surface area (Å²) in [6.45, 7) is 1.76. The van der Waals surface area contributed by atoms with Gasteiger partial charge in [-0.2, -0.15) is 0 Å². The molecule has 0 atom stereocenters. The quantitative estimate of drug-likeness (QED) is 0.818. The molecule has 0 spiro atoms. The molecule has 1 heterocycles. The molecule has 0 radical (unpaired) electrons. The zero-order valence-corrected chi connectivity index (χ0v) is 10.1. The highest BCUT2D eigenvalue weighted by Crippen LogP contribution is 2.16. The number of aryl methyl sites for hydroxylation is 1. The van der Waals surface area contributed by atoms with Crippen molar-refractivity contribution in [2.24, 2.45) is 0 Å². The van der Waals surface area contributed by atoms with Crippen LogP contribution in [0.2, 0.25) is 0 Å². The van der Waals surface area contributed by atoms with Crippen LogP contribution in [0.3, 0.4) is 0 Å². The molecule has 17 heavy (non-hydrogen) atoms. The first-order chi connectivity index (χ1) is 7.87. The molecule has 0 saturated carbocycles. The summed E-state index contributed by atoms with van der Waals surface area (Å²) >= 11 is 0. The summed E-state index contributed by atoms with van der Waals surface area (Å²) in [5.74, 6) is -0.00999. The van der Waals surface area contributed by atoms with Crippen LogP contribution in [-0.4, -0.2) is 30.5 Å². The molecule has 6 nitrogen and oxygen atoms in total. The standard InChI is InChI=1S/C10H11N3O3S/c1-6-11-8-5-3-4-7(9(8)12-6)10(14)13-17(2,15)16/h3-5H,1-2H3,(H,11,12)(H,13,14). The molecule has 0 unspecified atom stereocenters. The third kappa shape index (κ3) is 2.44. The van der Waals surface area contributed by atoms with Crippen molar-refractivity contribution in [3.63, 3.8) is 0 Å². The summed E-state index contributed by atoms with van der Waals surface area (Å²) in [5, 5.41) is 0. The number of sulfonamides is 1. The topological polar surface area (TPSA) is 91.9 Å². The number of hydrogen-bond donors (Lipinski definition) is 2. The number of carbonyl (C=O) groups is 1. The Kier molecular flexibility index (Phi) is 2.62. The predicted molar refractivity (Wildman–Crippen MR) is 63.1 cm³/mol. The van der Waals surface area contributed by atoms with Crippen LogP contribution in [0.25, 0.3) is 11.0 Å². The van der Waals surface area contributed by atoms with Gasteiger partial charge in [-0.25, -0.2) is 18.1 Å². The minimum absolute atomic E-state index is 0.234. The Morgan fingerprint density at radius 3 is 2.76 bits per heavy atom. The summed E-state index contributed by atoms with van der Waals surface area (Å²) in [4.78, 5) is 18.9. The van der Waals surface area contributed by atoms with Crippen LogP contribution in [-0.2, 0) is 10.0 Å². The number of nitrogens with one attached hydrogen (secondary N) is 2. The number of hydrogen-bond acceptors (Lipinski definition) is 4. The van der Waals surface area contributed by atoms with Crippen LogP contribution in [0, 0.1) is 6.92 Å². The van der Waals surface area contributed by atoms with Crippen molar-refractivity contribution < 1.29 is 13.2 Å². The summed E-state index contributed by atoms with van der Waals surface area (Å²) in [6.07, 6.45) is 0.931. The zero-order chi connectivity index (χ0) is 12.6. The lowest BCUT2D eigenvalue weighted by Gasteiger charge is -2.02. The molecule has 90 valence electrons. The van der Waals surface area contributed by atoms with Gasteiger partial charge in [-0.3, -0.25) is 4.79 Å². The lowest BCUT2D eigenvalue weighted by atomic mass is 10.2.